The molecule has 4 aliphatic carbocycles. The number of nitrogens with two attached hydrogens (primary N) is 1. The van der Waals surface area contributed by atoms with Gasteiger partial charge in [0.25, 0.3) is 0 Å². The largest absolute Gasteiger partial charge is 0.508 e. The maximum absolute atomic E-state index is 9.84. The minimum Gasteiger partial charge on any atom is -0.508 e. The van der Waals surface area contributed by atoms with E-state index in [1.165, 1.54) is 38.5 Å². The molecular weight excluding hydrogens is 258 g/mol. The van der Waals surface area contributed by atoms with Crippen LogP contribution in [-0.4, -0.2) is 11.1 Å². The van der Waals surface area contributed by atoms with Crippen LogP contribution < -0.4 is 5.73 Å². The Hall–Kier alpha value is -0.760. The van der Waals surface area contributed by atoms with Crippen molar-refractivity contribution < 1.29 is 5.11 Å². The molecule has 0 aromatic heterocycles. The zero-order valence-corrected chi connectivity index (χ0v) is 13.4. The lowest BCUT2D eigenvalue weighted by Gasteiger charge is -2.58. The first-order valence-electron chi connectivity index (χ1n) is 8.81. The highest BCUT2D eigenvalue weighted by molar-refractivity contribution is 5.27. The first-order valence-corrected chi connectivity index (χ1v) is 8.81. The number of fused-ring (bicyclic) bond motifs is 5. The molecule has 3 saturated carbocycles. The fourth-order valence-corrected chi connectivity index (χ4v) is 6.50. The summed E-state index contributed by atoms with van der Waals surface area (Å²) in [4.78, 5) is 0. The number of allylic oxidation sites excluding steroid dienone is 3. The maximum atomic E-state index is 9.84. The number of rotatable bonds is 0. The van der Waals surface area contributed by atoms with Gasteiger partial charge < -0.3 is 10.8 Å². The standard InChI is InChI=1S/C19H29NO/c1-18-9-7-13(21)11-12(18)3-4-14-15-5-6-17(20)19(15,2)10-8-16(14)18/h7,9,11-12,14-17,21H,3-6,8,10,20H2,1-2H3/t12-,14+,15+,16+,17+,18+,19+/m1/s1. The Bertz CT molecular complexity index is 510. The molecule has 3 fully saturated rings. The van der Waals surface area contributed by atoms with Crippen LogP contribution >= 0.6 is 0 Å². The lowest BCUT2D eigenvalue weighted by Crippen LogP contribution is -2.53. The monoisotopic (exact) mass is 287 g/mol. The van der Waals surface area contributed by atoms with Gasteiger partial charge in [0.05, 0.1) is 0 Å². The fourth-order valence-electron chi connectivity index (χ4n) is 6.50. The van der Waals surface area contributed by atoms with Gasteiger partial charge in [-0.2, -0.15) is 0 Å². The zero-order chi connectivity index (χ0) is 14.8. The van der Waals surface area contributed by atoms with E-state index in [9.17, 15) is 5.11 Å². The summed E-state index contributed by atoms with van der Waals surface area (Å²) in [5.74, 6) is 3.46. The minimum absolute atomic E-state index is 0.253. The van der Waals surface area contributed by atoms with Crippen molar-refractivity contribution in [3.8, 4) is 0 Å². The normalized spacial score (nSPS) is 55.4. The maximum Gasteiger partial charge on any atom is 0.111 e. The van der Waals surface area contributed by atoms with Gasteiger partial charge >= 0.3 is 0 Å². The smallest absolute Gasteiger partial charge is 0.111 e. The molecule has 0 aromatic carbocycles. The highest BCUT2D eigenvalue weighted by Crippen LogP contribution is 2.64. The summed E-state index contributed by atoms with van der Waals surface area (Å²) in [6.45, 7) is 4.90. The molecule has 0 amide bonds. The van der Waals surface area contributed by atoms with Crippen LogP contribution in [0.4, 0.5) is 0 Å². The number of aliphatic hydroxyl groups is 1. The second-order valence-corrected chi connectivity index (χ2v) is 8.58. The molecule has 0 spiro atoms. The van der Waals surface area contributed by atoms with Gasteiger partial charge in [0.1, 0.15) is 5.76 Å². The third kappa shape index (κ3) is 1.75. The molecule has 7 atom stereocenters. The molecular formula is C19H29NO. The van der Waals surface area contributed by atoms with E-state index in [-0.39, 0.29) is 5.41 Å². The fraction of sp³-hybridized carbons (Fsp3) is 0.789. The van der Waals surface area contributed by atoms with Crippen molar-refractivity contribution in [2.24, 2.45) is 40.2 Å². The predicted octanol–water partition coefficient (Wildman–Crippen LogP) is 4.18. The van der Waals surface area contributed by atoms with Crippen LogP contribution in [0.5, 0.6) is 0 Å². The van der Waals surface area contributed by atoms with Gasteiger partial charge in [0.15, 0.2) is 0 Å². The third-order valence-corrected chi connectivity index (χ3v) is 7.90. The molecule has 116 valence electrons. The lowest BCUT2D eigenvalue weighted by atomic mass is 9.47. The SMILES string of the molecule is C[C@]12C=CC(O)=C[C@H]1CC[C@@H]1[C@@H]2CC[C@]2(C)[C@@H](N)CC[C@@H]12. The van der Waals surface area contributed by atoms with Crippen molar-refractivity contribution in [1.82, 2.24) is 0 Å². The van der Waals surface area contributed by atoms with Crippen molar-refractivity contribution >= 4 is 0 Å². The van der Waals surface area contributed by atoms with E-state index in [1.807, 2.05) is 6.08 Å². The highest BCUT2D eigenvalue weighted by Gasteiger charge is 2.58. The summed E-state index contributed by atoms with van der Waals surface area (Å²) in [5.41, 5.74) is 7.11. The van der Waals surface area contributed by atoms with Crippen molar-refractivity contribution in [2.75, 3.05) is 0 Å². The molecule has 2 nitrogen and oxygen atoms in total. The van der Waals surface area contributed by atoms with Gasteiger partial charge in [0.2, 0.25) is 0 Å². The number of aliphatic hydroxyl groups excluding tert-OH is 1. The molecule has 3 N–H and O–H groups in total. The van der Waals surface area contributed by atoms with Crippen molar-refractivity contribution in [2.45, 2.75) is 58.4 Å². The van der Waals surface area contributed by atoms with E-state index in [1.54, 1.807) is 0 Å². The molecule has 0 heterocycles. The second kappa shape index (κ2) is 4.38. The summed E-state index contributed by atoms with van der Waals surface area (Å²) >= 11 is 0. The van der Waals surface area contributed by atoms with E-state index in [2.05, 4.69) is 26.0 Å². The van der Waals surface area contributed by atoms with Gasteiger partial charge in [-0.1, -0.05) is 19.9 Å². The Kier molecular flexibility index (Phi) is 2.89. The summed E-state index contributed by atoms with van der Waals surface area (Å²) in [6.07, 6.45) is 14.1. The van der Waals surface area contributed by atoms with E-state index in [0.29, 0.717) is 23.1 Å². The summed E-state index contributed by atoms with van der Waals surface area (Å²) in [7, 11) is 0. The molecule has 0 saturated heterocycles. The van der Waals surface area contributed by atoms with Crippen LogP contribution in [0.3, 0.4) is 0 Å². The average Bonchev–Trinajstić information content (AvgIpc) is 2.76. The second-order valence-electron chi connectivity index (χ2n) is 8.58. The average molecular weight is 287 g/mol. The Morgan fingerprint density at radius 3 is 2.71 bits per heavy atom. The molecule has 0 aromatic rings. The van der Waals surface area contributed by atoms with E-state index in [4.69, 9.17) is 5.73 Å². The summed E-state index contributed by atoms with van der Waals surface area (Å²) in [6, 6.07) is 0.416. The molecule has 2 heteroatoms. The predicted molar refractivity (Wildman–Crippen MR) is 85.7 cm³/mol. The zero-order valence-electron chi connectivity index (χ0n) is 13.4. The van der Waals surface area contributed by atoms with Gasteiger partial charge in [-0.3, -0.25) is 0 Å². The Labute approximate surface area is 128 Å². The van der Waals surface area contributed by atoms with Crippen LogP contribution in [0, 0.1) is 34.5 Å². The van der Waals surface area contributed by atoms with Gasteiger partial charge in [0, 0.05) is 6.04 Å². The summed E-state index contributed by atoms with van der Waals surface area (Å²) < 4.78 is 0. The van der Waals surface area contributed by atoms with Crippen LogP contribution in [0.2, 0.25) is 0 Å². The third-order valence-electron chi connectivity index (χ3n) is 7.90. The molecule has 0 aliphatic heterocycles. The molecule has 21 heavy (non-hydrogen) atoms. The van der Waals surface area contributed by atoms with Crippen LogP contribution in [0.1, 0.15) is 52.4 Å². The number of hydrogen-bond acceptors (Lipinski definition) is 2. The van der Waals surface area contributed by atoms with Crippen molar-refractivity contribution in [3.05, 3.63) is 24.0 Å². The summed E-state index contributed by atoms with van der Waals surface area (Å²) in [5, 5.41) is 9.84. The van der Waals surface area contributed by atoms with Gasteiger partial charge in [-0.25, -0.2) is 0 Å². The molecule has 4 aliphatic rings. The molecule has 4 rings (SSSR count). The number of hydrogen-bond donors (Lipinski definition) is 2. The van der Waals surface area contributed by atoms with Gasteiger partial charge in [-0.05, 0) is 85.2 Å². The van der Waals surface area contributed by atoms with Crippen molar-refractivity contribution in [1.29, 1.82) is 0 Å². The van der Waals surface area contributed by atoms with E-state index >= 15 is 0 Å². The Balaban J connectivity index is 1.68. The molecule has 0 bridgehead atoms. The lowest BCUT2D eigenvalue weighted by molar-refractivity contribution is -0.0586. The first-order chi connectivity index (χ1) is 9.95. The van der Waals surface area contributed by atoms with Crippen LogP contribution in [0.15, 0.2) is 24.0 Å². The topological polar surface area (TPSA) is 46.2 Å². The van der Waals surface area contributed by atoms with E-state index in [0.717, 1.165) is 17.8 Å². The van der Waals surface area contributed by atoms with Crippen molar-refractivity contribution in [3.63, 3.8) is 0 Å². The van der Waals surface area contributed by atoms with Gasteiger partial charge in [-0.15, -0.1) is 0 Å². The quantitative estimate of drug-likeness (QED) is 0.702. The Morgan fingerprint density at radius 2 is 1.90 bits per heavy atom. The Morgan fingerprint density at radius 1 is 1.10 bits per heavy atom. The molecule has 0 radical (unpaired) electrons. The van der Waals surface area contributed by atoms with Crippen LogP contribution in [0.25, 0.3) is 0 Å². The minimum atomic E-state index is 0.253. The first kappa shape index (κ1) is 13.9. The van der Waals surface area contributed by atoms with E-state index < -0.39 is 0 Å². The molecule has 0 unspecified atom stereocenters. The van der Waals surface area contributed by atoms with Crippen LogP contribution in [-0.2, 0) is 0 Å². The highest BCUT2D eigenvalue weighted by atomic mass is 16.3.